The van der Waals surface area contributed by atoms with Crippen LogP contribution in [0.3, 0.4) is 0 Å². The number of hydrogen-bond donors (Lipinski definition) is 0. The summed E-state index contributed by atoms with van der Waals surface area (Å²) < 4.78 is 74.3. The molecule has 2 saturated heterocycles. The van der Waals surface area contributed by atoms with Crippen molar-refractivity contribution in [3.05, 3.63) is 276 Å². The second-order valence-corrected chi connectivity index (χ2v) is 19.7. The highest BCUT2D eigenvalue weighted by Crippen LogP contribution is 2.37. The molecule has 0 spiro atoms. The van der Waals surface area contributed by atoms with Crippen molar-refractivity contribution in [3.63, 3.8) is 0 Å². The fourth-order valence-corrected chi connectivity index (χ4v) is 9.85. The van der Waals surface area contributed by atoms with Gasteiger partial charge in [0.15, 0.2) is 24.8 Å². The van der Waals surface area contributed by atoms with Gasteiger partial charge in [-0.05, 0) is 75.5 Å². The monoisotopic (exact) mass is 1100 g/mol. The Morgan fingerprint density at radius 2 is 0.841 bits per heavy atom. The van der Waals surface area contributed by atoms with E-state index in [4.69, 9.17) is 52.1 Å². The summed E-state index contributed by atoms with van der Waals surface area (Å²) in [6, 6.07) is 68.3. The highest BCUT2D eigenvalue weighted by Gasteiger charge is 2.56. The fraction of sp³-hybridized carbons (Fsp3) is 0.250. The van der Waals surface area contributed by atoms with E-state index in [9.17, 15) is 14.4 Å². The minimum atomic E-state index is -1.49. The van der Waals surface area contributed by atoms with E-state index in [-0.39, 0.29) is 56.3 Å². The predicted molar refractivity (Wildman–Crippen MR) is 305 cm³/mol. The van der Waals surface area contributed by atoms with Crippen molar-refractivity contribution in [2.24, 2.45) is 0 Å². The summed E-state index contributed by atoms with van der Waals surface area (Å²) in [4.78, 5) is 42.9. The first-order valence-electron chi connectivity index (χ1n) is 27.3. The van der Waals surface area contributed by atoms with E-state index >= 15 is 0 Å². The molecule has 420 valence electrons. The molecular formula is C68H64O14. The molecule has 8 aromatic carbocycles. The number of hydrogen-bond acceptors (Lipinski definition) is 14. The zero-order valence-electron chi connectivity index (χ0n) is 45.1. The Balaban J connectivity index is 1.10. The van der Waals surface area contributed by atoms with Crippen molar-refractivity contribution in [2.75, 3.05) is 19.8 Å². The van der Waals surface area contributed by atoms with Crippen LogP contribution in [-0.4, -0.2) is 99.1 Å². The highest BCUT2D eigenvalue weighted by molar-refractivity contribution is 5.90. The lowest BCUT2D eigenvalue weighted by Gasteiger charge is -2.49. The standard InChI is InChI=1S/C68H64O14/c1-2-39-73-67-63(81-66(71)54-34-19-8-20-35-54)61(58(74-42-48-25-11-4-12-26-48)56(78-67)45-72-41-47-23-9-3-10-24-47)82-68-62(76-43-49-27-13-5-14-28-49)60(75-44-50-37-38-51-29-21-22-36-55(51)40-50)59(80-65(70)53-32-17-7-18-33-53)57(79-68)46-77-64(69)52-30-15-6-16-31-52/h2-38,40,56-63,67-68H,1,39,41-46H2/t56?,57?,58-,59?,60?,61?,62?,63?,67+,68?/m0/s1. The normalized spacial score (nSPS) is 22.4. The maximum absolute atomic E-state index is 14.5. The van der Waals surface area contributed by atoms with E-state index in [2.05, 4.69) is 6.58 Å². The Kier molecular flexibility index (Phi) is 20.2. The van der Waals surface area contributed by atoms with E-state index in [1.54, 1.807) is 97.1 Å². The number of benzene rings is 8. The van der Waals surface area contributed by atoms with Gasteiger partial charge in [0.2, 0.25) is 0 Å². The molecule has 8 aromatic rings. The quantitative estimate of drug-likeness (QED) is 0.0303. The molecule has 14 heteroatoms. The average molecular weight is 1110 g/mol. The topological polar surface area (TPSA) is 153 Å². The first-order chi connectivity index (χ1) is 40.4. The zero-order chi connectivity index (χ0) is 56.3. The van der Waals surface area contributed by atoms with Gasteiger partial charge in [0, 0.05) is 0 Å². The number of carbonyl (C=O) groups is 3. The van der Waals surface area contributed by atoms with E-state index in [1.807, 2.05) is 133 Å². The summed E-state index contributed by atoms with van der Waals surface area (Å²) >= 11 is 0. The SMILES string of the molecule is C=CCO[C@@H]1OC(COCc2ccccc2)[C@H](OCc2ccccc2)C(OC2OC(COC(=O)c3ccccc3)C(OC(=O)c3ccccc3)C(OCc3ccc4ccccc4c3)C2OCc2ccccc2)C1OC(=O)c1ccccc1. The second kappa shape index (κ2) is 29.0. The molecule has 0 aromatic heterocycles. The van der Waals surface area contributed by atoms with Crippen LogP contribution in [0.15, 0.2) is 237 Å². The molecule has 8 unspecified atom stereocenters. The van der Waals surface area contributed by atoms with E-state index < -0.39 is 85.9 Å². The third-order valence-electron chi connectivity index (χ3n) is 14.0. The van der Waals surface area contributed by atoms with Crippen LogP contribution >= 0.6 is 0 Å². The lowest BCUT2D eigenvalue weighted by molar-refractivity contribution is -0.369. The molecular weight excluding hydrogens is 1040 g/mol. The van der Waals surface area contributed by atoms with Crippen LogP contribution in [-0.2, 0) is 78.5 Å². The molecule has 10 atom stereocenters. The molecule has 0 aliphatic carbocycles. The van der Waals surface area contributed by atoms with Gasteiger partial charge < -0.3 is 52.1 Å². The Labute approximate surface area is 477 Å². The van der Waals surface area contributed by atoms with Gasteiger partial charge >= 0.3 is 17.9 Å². The Bertz CT molecular complexity index is 3260. The predicted octanol–water partition coefficient (Wildman–Crippen LogP) is 11.5. The molecule has 2 aliphatic heterocycles. The average Bonchev–Trinajstić information content (AvgIpc) is 3.61. The maximum atomic E-state index is 14.5. The number of rotatable bonds is 25. The summed E-state index contributed by atoms with van der Waals surface area (Å²) in [5.41, 5.74) is 4.14. The first kappa shape index (κ1) is 57.1. The smallest absolute Gasteiger partial charge is 0.338 e. The Morgan fingerprint density at radius 3 is 1.41 bits per heavy atom. The van der Waals surface area contributed by atoms with Crippen LogP contribution in [0.25, 0.3) is 10.8 Å². The summed E-state index contributed by atoms with van der Waals surface area (Å²) in [6.45, 7) is 3.71. The summed E-state index contributed by atoms with van der Waals surface area (Å²) in [6.07, 6.45) is -11.0. The number of ether oxygens (including phenoxy) is 11. The van der Waals surface area contributed by atoms with E-state index in [0.717, 1.165) is 33.0 Å². The van der Waals surface area contributed by atoms with Crippen LogP contribution in [0, 0.1) is 0 Å². The van der Waals surface area contributed by atoms with Crippen LogP contribution in [0.5, 0.6) is 0 Å². The minimum absolute atomic E-state index is 0.000975. The van der Waals surface area contributed by atoms with Crippen LogP contribution in [0.1, 0.15) is 53.3 Å². The number of carbonyl (C=O) groups excluding carboxylic acids is 3. The van der Waals surface area contributed by atoms with Gasteiger partial charge in [-0.15, -0.1) is 6.58 Å². The van der Waals surface area contributed by atoms with Crippen molar-refractivity contribution in [1.82, 2.24) is 0 Å². The maximum Gasteiger partial charge on any atom is 0.338 e. The van der Waals surface area contributed by atoms with Crippen molar-refractivity contribution >= 4 is 28.7 Å². The van der Waals surface area contributed by atoms with Gasteiger partial charge in [-0.25, -0.2) is 14.4 Å². The number of fused-ring (bicyclic) bond motifs is 1. The molecule has 0 N–H and O–H groups in total. The molecule has 0 amide bonds. The van der Waals surface area contributed by atoms with Crippen molar-refractivity contribution in [2.45, 2.75) is 87.8 Å². The minimum Gasteiger partial charge on any atom is -0.459 e. The van der Waals surface area contributed by atoms with Crippen LogP contribution < -0.4 is 0 Å². The largest absolute Gasteiger partial charge is 0.459 e. The van der Waals surface area contributed by atoms with Gasteiger partial charge in [-0.1, -0.05) is 188 Å². The summed E-state index contributed by atoms with van der Waals surface area (Å²) in [5.74, 6) is -2.05. The van der Waals surface area contributed by atoms with Gasteiger partial charge in [0.05, 0.1) is 56.3 Å². The molecule has 2 aliphatic rings. The highest BCUT2D eigenvalue weighted by atomic mass is 16.8. The van der Waals surface area contributed by atoms with Crippen molar-refractivity contribution < 1.29 is 66.5 Å². The Morgan fingerprint density at radius 1 is 0.390 bits per heavy atom. The molecule has 0 bridgehead atoms. The summed E-state index contributed by atoms with van der Waals surface area (Å²) in [7, 11) is 0. The third kappa shape index (κ3) is 15.2. The van der Waals surface area contributed by atoms with Gasteiger partial charge in [0.1, 0.15) is 43.2 Å². The molecule has 14 nitrogen and oxygen atoms in total. The fourth-order valence-electron chi connectivity index (χ4n) is 9.85. The molecule has 0 radical (unpaired) electrons. The van der Waals surface area contributed by atoms with Crippen LogP contribution in [0.2, 0.25) is 0 Å². The number of esters is 3. The molecule has 2 fully saturated rings. The van der Waals surface area contributed by atoms with Gasteiger partial charge in [-0.2, -0.15) is 0 Å². The van der Waals surface area contributed by atoms with E-state index in [1.165, 1.54) is 0 Å². The molecule has 0 saturated carbocycles. The molecule has 2 heterocycles. The van der Waals surface area contributed by atoms with E-state index in [0.29, 0.717) is 0 Å². The second-order valence-electron chi connectivity index (χ2n) is 19.7. The summed E-state index contributed by atoms with van der Waals surface area (Å²) in [5, 5.41) is 2.02. The Hall–Kier alpha value is -8.15. The zero-order valence-corrected chi connectivity index (χ0v) is 45.1. The van der Waals surface area contributed by atoms with Crippen molar-refractivity contribution in [3.8, 4) is 0 Å². The first-order valence-corrected chi connectivity index (χ1v) is 27.3. The third-order valence-corrected chi connectivity index (χ3v) is 14.0. The van der Waals surface area contributed by atoms with Gasteiger partial charge in [0.25, 0.3) is 0 Å². The molecule has 10 rings (SSSR count). The molecule has 82 heavy (non-hydrogen) atoms. The lowest BCUT2D eigenvalue weighted by Crippen LogP contribution is -2.67. The van der Waals surface area contributed by atoms with Crippen molar-refractivity contribution in [1.29, 1.82) is 0 Å². The lowest BCUT2D eigenvalue weighted by atomic mass is 9.95. The van der Waals surface area contributed by atoms with Gasteiger partial charge in [-0.3, -0.25) is 0 Å². The van der Waals surface area contributed by atoms with Crippen LogP contribution in [0.4, 0.5) is 0 Å².